The van der Waals surface area contributed by atoms with Crippen molar-refractivity contribution in [2.24, 2.45) is 5.92 Å². The summed E-state index contributed by atoms with van der Waals surface area (Å²) < 4.78 is 0. The van der Waals surface area contributed by atoms with Gasteiger partial charge in [-0.3, -0.25) is 14.7 Å². The number of hydrogen-bond donors (Lipinski definition) is 3. The Morgan fingerprint density at radius 3 is 2.75 bits per heavy atom. The number of aromatic nitrogens is 2. The fraction of sp³-hybridized carbons (Fsp3) is 0.429. The van der Waals surface area contributed by atoms with E-state index in [1.54, 1.807) is 6.92 Å². The second kappa shape index (κ2) is 3.25. The van der Waals surface area contributed by atoms with Gasteiger partial charge in [-0.2, -0.15) is 0 Å². The maximum Gasteiger partial charge on any atom is 0.306 e. The molecule has 5 nitrogen and oxygen atoms in total. The van der Waals surface area contributed by atoms with E-state index in [4.69, 9.17) is 5.11 Å². The van der Waals surface area contributed by atoms with E-state index in [2.05, 4.69) is 10.2 Å². The van der Waals surface area contributed by atoms with Crippen molar-refractivity contribution in [3.05, 3.63) is 22.1 Å². The average Bonchev–Trinajstić information content (AvgIpc) is 2.35. The van der Waals surface area contributed by atoms with Crippen molar-refractivity contribution in [3.8, 4) is 0 Å². The molecule has 1 unspecified atom stereocenters. The lowest BCUT2D eigenvalue weighted by Gasteiger charge is -2.01. The van der Waals surface area contributed by atoms with Crippen LogP contribution in [0.2, 0.25) is 0 Å². The van der Waals surface area contributed by atoms with Crippen LogP contribution >= 0.6 is 0 Å². The first-order chi connectivity index (χ1) is 5.59. The van der Waals surface area contributed by atoms with Crippen molar-refractivity contribution in [2.75, 3.05) is 0 Å². The molecule has 3 N–H and O–H groups in total. The van der Waals surface area contributed by atoms with E-state index >= 15 is 0 Å². The van der Waals surface area contributed by atoms with Gasteiger partial charge in [0.05, 0.1) is 5.92 Å². The molecule has 0 spiro atoms. The van der Waals surface area contributed by atoms with Gasteiger partial charge in [0.25, 0.3) is 5.56 Å². The summed E-state index contributed by atoms with van der Waals surface area (Å²) in [6.07, 6.45) is 0.341. The van der Waals surface area contributed by atoms with Gasteiger partial charge < -0.3 is 10.2 Å². The zero-order chi connectivity index (χ0) is 9.14. The summed E-state index contributed by atoms with van der Waals surface area (Å²) in [7, 11) is 0. The molecule has 0 fully saturated rings. The van der Waals surface area contributed by atoms with Gasteiger partial charge in [-0.25, -0.2) is 0 Å². The summed E-state index contributed by atoms with van der Waals surface area (Å²) in [5, 5.41) is 13.5. The highest BCUT2D eigenvalue weighted by Gasteiger charge is 2.12. The van der Waals surface area contributed by atoms with Gasteiger partial charge in [0, 0.05) is 18.2 Å². The van der Waals surface area contributed by atoms with Crippen molar-refractivity contribution in [1.82, 2.24) is 10.2 Å². The first-order valence-corrected chi connectivity index (χ1v) is 3.59. The fourth-order valence-electron chi connectivity index (χ4n) is 0.899. The minimum absolute atomic E-state index is 0.234. The molecule has 1 aromatic rings. The molecule has 5 heteroatoms. The Morgan fingerprint density at radius 1 is 1.67 bits per heavy atom. The molecule has 0 aliphatic rings. The molecule has 1 atom stereocenters. The van der Waals surface area contributed by atoms with Gasteiger partial charge in [0.15, 0.2) is 0 Å². The number of aliphatic carboxylic acids is 1. The molecule has 1 heterocycles. The van der Waals surface area contributed by atoms with Gasteiger partial charge in [0.2, 0.25) is 0 Å². The van der Waals surface area contributed by atoms with Crippen molar-refractivity contribution >= 4 is 5.97 Å². The molecule has 0 amide bonds. The van der Waals surface area contributed by atoms with E-state index in [0.29, 0.717) is 12.1 Å². The largest absolute Gasteiger partial charge is 0.481 e. The van der Waals surface area contributed by atoms with E-state index in [1.807, 2.05) is 0 Å². The van der Waals surface area contributed by atoms with Crippen LogP contribution in [0.25, 0.3) is 0 Å². The molecular formula is C7H10N2O3. The molecule has 1 rings (SSSR count). The van der Waals surface area contributed by atoms with Crippen LogP contribution in [0.1, 0.15) is 12.6 Å². The number of carboxylic acids is 1. The van der Waals surface area contributed by atoms with Crippen LogP contribution in [-0.4, -0.2) is 21.3 Å². The number of carboxylic acid groups (broad SMARTS) is 1. The third kappa shape index (κ3) is 1.98. The van der Waals surface area contributed by atoms with Crippen LogP contribution in [0.4, 0.5) is 0 Å². The minimum Gasteiger partial charge on any atom is -0.481 e. The van der Waals surface area contributed by atoms with Gasteiger partial charge in [-0.05, 0) is 0 Å². The molecule has 0 saturated heterocycles. The van der Waals surface area contributed by atoms with E-state index in [1.165, 1.54) is 6.07 Å². The summed E-state index contributed by atoms with van der Waals surface area (Å²) in [4.78, 5) is 21.0. The summed E-state index contributed by atoms with van der Waals surface area (Å²) >= 11 is 0. The molecule has 0 aromatic carbocycles. The smallest absolute Gasteiger partial charge is 0.306 e. The predicted molar refractivity (Wildman–Crippen MR) is 41.9 cm³/mol. The lowest BCUT2D eigenvalue weighted by Crippen LogP contribution is -2.12. The fourth-order valence-corrected chi connectivity index (χ4v) is 0.899. The normalized spacial score (nSPS) is 12.8. The third-order valence-electron chi connectivity index (χ3n) is 1.60. The highest BCUT2D eigenvalue weighted by Crippen LogP contribution is 2.02. The molecule has 0 aliphatic carbocycles. The number of aromatic amines is 2. The Bertz CT molecular complexity index is 325. The predicted octanol–water partition coefficient (Wildman–Crippen LogP) is -0.0338. The quantitative estimate of drug-likeness (QED) is 0.595. The van der Waals surface area contributed by atoms with Crippen LogP contribution in [0.3, 0.4) is 0 Å². The lowest BCUT2D eigenvalue weighted by atomic mass is 10.1. The van der Waals surface area contributed by atoms with Gasteiger partial charge in [-0.15, -0.1) is 0 Å². The topological polar surface area (TPSA) is 86.0 Å². The zero-order valence-electron chi connectivity index (χ0n) is 6.63. The van der Waals surface area contributed by atoms with Crippen LogP contribution in [0, 0.1) is 5.92 Å². The monoisotopic (exact) mass is 170 g/mol. The second-order valence-electron chi connectivity index (χ2n) is 2.73. The molecule has 0 aliphatic heterocycles. The highest BCUT2D eigenvalue weighted by molar-refractivity contribution is 5.69. The van der Waals surface area contributed by atoms with E-state index < -0.39 is 11.9 Å². The number of hydrogen-bond acceptors (Lipinski definition) is 2. The van der Waals surface area contributed by atoms with Gasteiger partial charge >= 0.3 is 5.97 Å². The highest BCUT2D eigenvalue weighted by atomic mass is 16.4. The Morgan fingerprint density at radius 2 is 2.33 bits per heavy atom. The number of carbonyl (C=O) groups is 1. The summed E-state index contributed by atoms with van der Waals surface area (Å²) in [6.45, 7) is 1.59. The SMILES string of the molecule is CC(Cc1cc(=O)[nH][nH]1)C(=O)O. The second-order valence-corrected chi connectivity index (χ2v) is 2.73. The summed E-state index contributed by atoms with van der Waals surface area (Å²) in [5.41, 5.74) is 0.387. The molecule has 66 valence electrons. The number of rotatable bonds is 3. The summed E-state index contributed by atoms with van der Waals surface area (Å²) in [5.74, 6) is -1.34. The van der Waals surface area contributed by atoms with Crippen LogP contribution in [0.5, 0.6) is 0 Å². The minimum atomic E-state index is -0.864. The first-order valence-electron chi connectivity index (χ1n) is 3.59. The Balaban J connectivity index is 2.64. The molecule has 0 radical (unpaired) electrons. The third-order valence-corrected chi connectivity index (χ3v) is 1.60. The number of nitrogens with one attached hydrogen (secondary N) is 2. The van der Waals surface area contributed by atoms with Crippen molar-refractivity contribution < 1.29 is 9.90 Å². The lowest BCUT2D eigenvalue weighted by molar-refractivity contribution is -0.141. The van der Waals surface area contributed by atoms with Crippen molar-refractivity contribution in [2.45, 2.75) is 13.3 Å². The standard InChI is InChI=1S/C7H10N2O3/c1-4(7(11)12)2-5-3-6(10)9-8-5/h3-4H,2H2,1H3,(H,11,12)(H2,8,9,10). The van der Waals surface area contributed by atoms with Crippen molar-refractivity contribution in [1.29, 1.82) is 0 Å². The van der Waals surface area contributed by atoms with Gasteiger partial charge in [-0.1, -0.05) is 6.92 Å². The van der Waals surface area contributed by atoms with Gasteiger partial charge in [0.1, 0.15) is 0 Å². The Hall–Kier alpha value is -1.52. The van der Waals surface area contributed by atoms with E-state index in [9.17, 15) is 9.59 Å². The molecule has 0 bridgehead atoms. The van der Waals surface area contributed by atoms with E-state index in [0.717, 1.165) is 0 Å². The Kier molecular flexibility index (Phi) is 2.32. The number of H-pyrrole nitrogens is 2. The molecule has 12 heavy (non-hydrogen) atoms. The molecule has 1 aromatic heterocycles. The van der Waals surface area contributed by atoms with Crippen LogP contribution < -0.4 is 5.56 Å². The van der Waals surface area contributed by atoms with Crippen LogP contribution in [-0.2, 0) is 11.2 Å². The van der Waals surface area contributed by atoms with Crippen LogP contribution in [0.15, 0.2) is 10.9 Å². The maximum absolute atomic E-state index is 10.6. The summed E-state index contributed by atoms with van der Waals surface area (Å²) in [6, 6.07) is 1.36. The van der Waals surface area contributed by atoms with E-state index in [-0.39, 0.29) is 5.56 Å². The first kappa shape index (κ1) is 8.58. The molecular weight excluding hydrogens is 160 g/mol. The zero-order valence-corrected chi connectivity index (χ0v) is 6.63. The molecule has 0 saturated carbocycles. The van der Waals surface area contributed by atoms with Crippen molar-refractivity contribution in [3.63, 3.8) is 0 Å². The average molecular weight is 170 g/mol. The Labute approximate surface area is 68.4 Å². The maximum atomic E-state index is 10.6.